The molecule has 0 aromatic carbocycles. The zero-order valence-corrected chi connectivity index (χ0v) is 11.0. The van der Waals surface area contributed by atoms with E-state index in [0.717, 1.165) is 17.8 Å². The molecule has 0 saturated carbocycles. The molecule has 0 nitrogen and oxygen atoms in total. The Labute approximate surface area is 91.5 Å². The molecule has 0 amide bonds. The summed E-state index contributed by atoms with van der Waals surface area (Å²) >= 11 is 0. The largest absolute Gasteiger partial charge is 0.0654 e. The van der Waals surface area contributed by atoms with Gasteiger partial charge in [0.25, 0.3) is 0 Å². The van der Waals surface area contributed by atoms with E-state index in [1.54, 1.807) is 0 Å². The van der Waals surface area contributed by atoms with E-state index in [-0.39, 0.29) is 0 Å². The van der Waals surface area contributed by atoms with Gasteiger partial charge in [-0.3, -0.25) is 0 Å². The molecule has 0 radical (unpaired) electrons. The van der Waals surface area contributed by atoms with E-state index in [0.29, 0.717) is 0 Å². The molecule has 2 atom stereocenters. The molecule has 0 heteroatoms. The maximum absolute atomic E-state index is 2.41. The highest BCUT2D eigenvalue weighted by Crippen LogP contribution is 2.25. The maximum atomic E-state index is 2.41. The zero-order valence-electron chi connectivity index (χ0n) is 11.0. The molecule has 0 aliphatic heterocycles. The fourth-order valence-electron chi connectivity index (χ4n) is 1.97. The highest BCUT2D eigenvalue weighted by Gasteiger charge is 2.13. The number of hydrogen-bond acceptors (Lipinski definition) is 0. The summed E-state index contributed by atoms with van der Waals surface area (Å²) in [4.78, 5) is 0. The maximum Gasteiger partial charge on any atom is -0.0414 e. The molecule has 0 aliphatic rings. The van der Waals surface area contributed by atoms with Crippen LogP contribution in [0, 0.1) is 17.8 Å². The van der Waals surface area contributed by atoms with Gasteiger partial charge in [0.05, 0.1) is 0 Å². The minimum atomic E-state index is 0.857. The lowest BCUT2D eigenvalue weighted by molar-refractivity contribution is 0.295. The van der Waals surface area contributed by atoms with Crippen LogP contribution >= 0.6 is 0 Å². The molecule has 0 spiro atoms. The minimum Gasteiger partial charge on any atom is -0.0654 e. The highest BCUT2D eigenvalue weighted by molar-refractivity contribution is 4.65. The van der Waals surface area contributed by atoms with E-state index >= 15 is 0 Å². The van der Waals surface area contributed by atoms with Crippen molar-refractivity contribution < 1.29 is 0 Å². The SMILES string of the molecule is CCCCCC(CC)CC(C)C(C)C. The Morgan fingerprint density at radius 3 is 2.00 bits per heavy atom. The second kappa shape index (κ2) is 8.32. The number of hydrogen-bond donors (Lipinski definition) is 0. The molecular formula is C14H30. The second-order valence-electron chi connectivity index (χ2n) is 5.23. The lowest BCUT2D eigenvalue weighted by atomic mass is 9.84. The average Bonchev–Trinajstić information content (AvgIpc) is 2.16. The predicted molar refractivity (Wildman–Crippen MR) is 66.5 cm³/mol. The van der Waals surface area contributed by atoms with Crippen LogP contribution in [0.1, 0.15) is 73.1 Å². The molecule has 0 N–H and O–H groups in total. The third-order valence-corrected chi connectivity index (χ3v) is 3.64. The zero-order chi connectivity index (χ0) is 11.0. The van der Waals surface area contributed by atoms with E-state index in [4.69, 9.17) is 0 Å². The van der Waals surface area contributed by atoms with Crippen LogP contribution < -0.4 is 0 Å². The highest BCUT2D eigenvalue weighted by atomic mass is 14.2. The van der Waals surface area contributed by atoms with Crippen molar-refractivity contribution in [3.63, 3.8) is 0 Å². The second-order valence-corrected chi connectivity index (χ2v) is 5.23. The first-order chi connectivity index (χ1) is 6.61. The molecule has 2 unspecified atom stereocenters. The van der Waals surface area contributed by atoms with Gasteiger partial charge in [0.1, 0.15) is 0 Å². The molecule has 0 aromatic rings. The van der Waals surface area contributed by atoms with Gasteiger partial charge in [0, 0.05) is 0 Å². The van der Waals surface area contributed by atoms with Gasteiger partial charge in [-0.05, 0) is 24.2 Å². The molecule has 0 rings (SSSR count). The van der Waals surface area contributed by atoms with Gasteiger partial charge in [-0.25, -0.2) is 0 Å². The van der Waals surface area contributed by atoms with Crippen molar-refractivity contribution in [3.05, 3.63) is 0 Å². The third-order valence-electron chi connectivity index (χ3n) is 3.64. The van der Waals surface area contributed by atoms with E-state index < -0.39 is 0 Å². The lowest BCUT2D eigenvalue weighted by Crippen LogP contribution is -2.10. The minimum absolute atomic E-state index is 0.857. The van der Waals surface area contributed by atoms with Gasteiger partial charge in [0.15, 0.2) is 0 Å². The van der Waals surface area contributed by atoms with Crippen LogP contribution in [0.2, 0.25) is 0 Å². The van der Waals surface area contributed by atoms with Crippen LogP contribution in [0.25, 0.3) is 0 Å². The Balaban J connectivity index is 3.67. The smallest absolute Gasteiger partial charge is 0.0414 e. The Kier molecular flexibility index (Phi) is 8.32. The summed E-state index contributed by atoms with van der Waals surface area (Å²) in [6.07, 6.45) is 8.50. The Morgan fingerprint density at radius 2 is 1.57 bits per heavy atom. The van der Waals surface area contributed by atoms with Crippen molar-refractivity contribution in [1.82, 2.24) is 0 Å². The number of rotatable bonds is 8. The normalized spacial score (nSPS) is 15.9. The van der Waals surface area contributed by atoms with E-state index in [9.17, 15) is 0 Å². The van der Waals surface area contributed by atoms with E-state index in [2.05, 4.69) is 34.6 Å². The van der Waals surface area contributed by atoms with Gasteiger partial charge in [-0.2, -0.15) is 0 Å². The van der Waals surface area contributed by atoms with Gasteiger partial charge in [-0.15, -0.1) is 0 Å². The first kappa shape index (κ1) is 14.0. The van der Waals surface area contributed by atoms with Crippen molar-refractivity contribution in [3.8, 4) is 0 Å². The van der Waals surface area contributed by atoms with Crippen LogP contribution in [-0.2, 0) is 0 Å². The van der Waals surface area contributed by atoms with Crippen LogP contribution in [0.5, 0.6) is 0 Å². The Hall–Kier alpha value is 0. The molecule has 0 aromatic heterocycles. The van der Waals surface area contributed by atoms with Gasteiger partial charge in [0.2, 0.25) is 0 Å². The van der Waals surface area contributed by atoms with Gasteiger partial charge >= 0.3 is 0 Å². The Bertz CT molecular complexity index is 115. The summed E-state index contributed by atoms with van der Waals surface area (Å²) in [5.41, 5.74) is 0. The molecule has 86 valence electrons. The fraction of sp³-hybridized carbons (Fsp3) is 1.00. The van der Waals surface area contributed by atoms with Crippen LogP contribution in [-0.4, -0.2) is 0 Å². The summed E-state index contributed by atoms with van der Waals surface area (Å²) in [5, 5.41) is 0. The first-order valence-electron chi connectivity index (χ1n) is 6.61. The monoisotopic (exact) mass is 198 g/mol. The van der Waals surface area contributed by atoms with Gasteiger partial charge in [-0.1, -0.05) is 66.7 Å². The molecular weight excluding hydrogens is 168 g/mol. The average molecular weight is 198 g/mol. The summed E-state index contributed by atoms with van der Waals surface area (Å²) in [7, 11) is 0. The van der Waals surface area contributed by atoms with Crippen LogP contribution in [0.15, 0.2) is 0 Å². The summed E-state index contributed by atoms with van der Waals surface area (Å²) in [6, 6.07) is 0. The molecule has 0 aliphatic carbocycles. The lowest BCUT2D eigenvalue weighted by Gasteiger charge is -2.22. The first-order valence-corrected chi connectivity index (χ1v) is 6.61. The van der Waals surface area contributed by atoms with Crippen molar-refractivity contribution in [2.24, 2.45) is 17.8 Å². The van der Waals surface area contributed by atoms with E-state index in [1.807, 2.05) is 0 Å². The topological polar surface area (TPSA) is 0 Å². The number of unbranched alkanes of at least 4 members (excludes halogenated alkanes) is 2. The van der Waals surface area contributed by atoms with Crippen molar-refractivity contribution in [2.45, 2.75) is 73.1 Å². The van der Waals surface area contributed by atoms with Crippen LogP contribution in [0.4, 0.5) is 0 Å². The molecule has 14 heavy (non-hydrogen) atoms. The fourth-order valence-corrected chi connectivity index (χ4v) is 1.97. The molecule has 0 fully saturated rings. The summed E-state index contributed by atoms with van der Waals surface area (Å²) in [5.74, 6) is 2.75. The van der Waals surface area contributed by atoms with E-state index in [1.165, 1.54) is 38.5 Å². The molecule has 0 bridgehead atoms. The van der Waals surface area contributed by atoms with Crippen molar-refractivity contribution in [1.29, 1.82) is 0 Å². The molecule has 0 heterocycles. The summed E-state index contributed by atoms with van der Waals surface area (Å²) in [6.45, 7) is 11.8. The van der Waals surface area contributed by atoms with Crippen molar-refractivity contribution in [2.75, 3.05) is 0 Å². The summed E-state index contributed by atoms with van der Waals surface area (Å²) < 4.78 is 0. The van der Waals surface area contributed by atoms with Gasteiger partial charge < -0.3 is 0 Å². The molecule has 0 saturated heterocycles. The van der Waals surface area contributed by atoms with Crippen LogP contribution in [0.3, 0.4) is 0 Å². The standard InChI is InChI=1S/C14H30/c1-6-8-9-10-14(7-2)11-13(5)12(3)4/h12-14H,6-11H2,1-5H3. The predicted octanol–water partition coefficient (Wildman–Crippen LogP) is 5.28. The van der Waals surface area contributed by atoms with Crippen molar-refractivity contribution >= 4 is 0 Å². The third kappa shape index (κ3) is 6.45. The quantitative estimate of drug-likeness (QED) is 0.466. The Morgan fingerprint density at radius 1 is 0.929 bits per heavy atom.